The number of rotatable bonds is 10. The van der Waals surface area contributed by atoms with Crippen LogP contribution < -0.4 is 15.4 Å². The van der Waals surface area contributed by atoms with Gasteiger partial charge >= 0.3 is 12.0 Å². The maximum absolute atomic E-state index is 11.3. The van der Waals surface area contributed by atoms with E-state index in [0.717, 1.165) is 6.26 Å². The molecule has 0 heterocycles. The van der Waals surface area contributed by atoms with Gasteiger partial charge in [0.05, 0.1) is 18.8 Å². The zero-order valence-corrected chi connectivity index (χ0v) is 12.3. The van der Waals surface area contributed by atoms with Gasteiger partial charge < -0.3 is 20.5 Å². The highest BCUT2D eigenvalue weighted by Crippen LogP contribution is 1.95. The minimum Gasteiger partial charge on any atom is -0.481 e. The van der Waals surface area contributed by atoms with Gasteiger partial charge in [0.15, 0.2) is 0 Å². The predicted molar refractivity (Wildman–Crippen MR) is 71.9 cm³/mol. The lowest BCUT2D eigenvalue weighted by Gasteiger charge is -2.14. The van der Waals surface area contributed by atoms with Gasteiger partial charge in [0, 0.05) is 26.7 Å². The summed E-state index contributed by atoms with van der Waals surface area (Å²) in [6.07, 6.45) is 0.712. The summed E-state index contributed by atoms with van der Waals surface area (Å²) in [5.41, 5.74) is 0. The Morgan fingerprint density at radius 1 is 1.25 bits per heavy atom. The van der Waals surface area contributed by atoms with E-state index in [1.54, 1.807) is 0 Å². The second-order valence-corrected chi connectivity index (χ2v) is 5.95. The lowest BCUT2D eigenvalue weighted by atomic mass is 10.2. The molecule has 0 saturated heterocycles. The van der Waals surface area contributed by atoms with Crippen molar-refractivity contribution < 1.29 is 27.9 Å². The van der Waals surface area contributed by atoms with Gasteiger partial charge in [0.1, 0.15) is 0 Å². The average molecular weight is 311 g/mol. The van der Waals surface area contributed by atoms with E-state index in [1.165, 1.54) is 7.11 Å². The number of carboxylic acids is 1. The van der Waals surface area contributed by atoms with Crippen molar-refractivity contribution in [1.29, 1.82) is 0 Å². The standard InChI is InChI=1S/C10H21N3O6S/c1-19-8(6-9(14)15)7-12-10(16)11-4-3-5-13-20(2,17)18/h8,13H,3-7H2,1-2H3,(H,14,15)(H2,11,12,16). The number of carbonyl (C=O) groups excluding carboxylic acids is 1. The third-order valence-electron chi connectivity index (χ3n) is 2.23. The van der Waals surface area contributed by atoms with Gasteiger partial charge in [-0.15, -0.1) is 0 Å². The first-order valence-corrected chi connectivity index (χ1v) is 7.84. The molecule has 4 N–H and O–H groups in total. The molecule has 0 aliphatic rings. The van der Waals surface area contributed by atoms with Crippen LogP contribution in [0.5, 0.6) is 0 Å². The summed E-state index contributed by atoms with van der Waals surface area (Å²) in [4.78, 5) is 21.8. The first-order valence-electron chi connectivity index (χ1n) is 5.95. The molecule has 0 aromatic carbocycles. The molecule has 0 aliphatic heterocycles. The maximum Gasteiger partial charge on any atom is 0.314 e. The van der Waals surface area contributed by atoms with Crippen LogP contribution >= 0.6 is 0 Å². The van der Waals surface area contributed by atoms with Crippen LogP contribution in [0.15, 0.2) is 0 Å². The van der Waals surface area contributed by atoms with Gasteiger partial charge in [-0.2, -0.15) is 0 Å². The molecule has 20 heavy (non-hydrogen) atoms. The Morgan fingerprint density at radius 3 is 2.40 bits per heavy atom. The van der Waals surface area contributed by atoms with E-state index in [2.05, 4.69) is 15.4 Å². The normalized spacial score (nSPS) is 12.7. The first kappa shape index (κ1) is 18.6. The molecule has 1 atom stereocenters. The molecule has 0 spiro atoms. The molecule has 0 bridgehead atoms. The molecule has 1 unspecified atom stereocenters. The number of ether oxygens (including phenoxy) is 1. The SMILES string of the molecule is COC(CNC(=O)NCCCNS(C)(=O)=O)CC(=O)O. The second-order valence-electron chi connectivity index (χ2n) is 4.11. The molecule has 2 amide bonds. The molecule has 0 aliphatic carbocycles. The fourth-order valence-electron chi connectivity index (χ4n) is 1.25. The number of carboxylic acid groups (broad SMARTS) is 1. The Morgan fingerprint density at radius 2 is 1.90 bits per heavy atom. The van der Waals surface area contributed by atoms with Crippen molar-refractivity contribution in [3.8, 4) is 0 Å². The molecule has 10 heteroatoms. The maximum atomic E-state index is 11.3. The minimum absolute atomic E-state index is 0.0796. The molecule has 0 aromatic heterocycles. The number of hydrogen-bond acceptors (Lipinski definition) is 5. The molecule has 118 valence electrons. The van der Waals surface area contributed by atoms with E-state index in [1.807, 2.05) is 0 Å². The van der Waals surface area contributed by atoms with Gasteiger partial charge in [0.25, 0.3) is 0 Å². The van der Waals surface area contributed by atoms with Gasteiger partial charge in [-0.25, -0.2) is 17.9 Å². The number of aliphatic carboxylic acids is 1. The Labute approximate surface area is 118 Å². The summed E-state index contributed by atoms with van der Waals surface area (Å²) in [5.74, 6) is -1.01. The predicted octanol–water partition coefficient (Wildman–Crippen LogP) is -1.29. The van der Waals surface area contributed by atoms with Crippen LogP contribution in [0.25, 0.3) is 0 Å². The van der Waals surface area contributed by atoms with Gasteiger partial charge in [-0.3, -0.25) is 4.79 Å². The number of methoxy groups -OCH3 is 1. The summed E-state index contributed by atoms with van der Waals surface area (Å²) in [7, 11) is -1.85. The quantitative estimate of drug-likeness (QED) is 0.371. The van der Waals surface area contributed by atoms with Crippen molar-refractivity contribution in [3.63, 3.8) is 0 Å². The smallest absolute Gasteiger partial charge is 0.314 e. The fraction of sp³-hybridized carbons (Fsp3) is 0.800. The number of nitrogens with one attached hydrogen (secondary N) is 3. The highest BCUT2D eigenvalue weighted by molar-refractivity contribution is 7.88. The number of urea groups is 1. The summed E-state index contributed by atoms with van der Waals surface area (Å²) >= 11 is 0. The van der Waals surface area contributed by atoms with Crippen molar-refractivity contribution in [2.45, 2.75) is 18.9 Å². The largest absolute Gasteiger partial charge is 0.481 e. The Kier molecular flexibility index (Phi) is 8.84. The van der Waals surface area contributed by atoms with Crippen LogP contribution in [0.4, 0.5) is 4.79 Å². The van der Waals surface area contributed by atoms with Crippen LogP contribution in [0.2, 0.25) is 0 Å². The Hall–Kier alpha value is -1.39. The fourth-order valence-corrected chi connectivity index (χ4v) is 1.77. The van der Waals surface area contributed by atoms with Crippen LogP contribution in [0, 0.1) is 0 Å². The summed E-state index contributed by atoms with van der Waals surface area (Å²) in [5, 5.41) is 13.6. The number of sulfonamides is 1. The Bertz CT molecular complexity index is 411. The zero-order chi connectivity index (χ0) is 15.6. The van der Waals surface area contributed by atoms with E-state index in [9.17, 15) is 18.0 Å². The Balaban J connectivity index is 3.70. The van der Waals surface area contributed by atoms with Crippen molar-refractivity contribution >= 4 is 22.0 Å². The number of carbonyl (C=O) groups is 2. The molecule has 0 saturated carbocycles. The van der Waals surface area contributed by atoms with Crippen LogP contribution in [-0.4, -0.2) is 64.6 Å². The molecular formula is C10H21N3O6S. The first-order chi connectivity index (χ1) is 9.24. The van der Waals surface area contributed by atoms with Crippen molar-refractivity contribution in [2.75, 3.05) is 33.0 Å². The summed E-state index contributed by atoms with van der Waals surface area (Å²) < 4.78 is 28.7. The number of amides is 2. The number of hydrogen-bond donors (Lipinski definition) is 4. The van der Waals surface area contributed by atoms with Crippen molar-refractivity contribution in [1.82, 2.24) is 15.4 Å². The highest BCUT2D eigenvalue weighted by atomic mass is 32.2. The van der Waals surface area contributed by atoms with Gasteiger partial charge in [-0.05, 0) is 6.42 Å². The lowest BCUT2D eigenvalue weighted by Crippen LogP contribution is -2.41. The van der Waals surface area contributed by atoms with E-state index in [0.29, 0.717) is 13.0 Å². The zero-order valence-electron chi connectivity index (χ0n) is 11.5. The van der Waals surface area contributed by atoms with Crippen LogP contribution in [0.1, 0.15) is 12.8 Å². The molecule has 0 rings (SSSR count). The topological polar surface area (TPSA) is 134 Å². The van der Waals surface area contributed by atoms with E-state index in [4.69, 9.17) is 9.84 Å². The highest BCUT2D eigenvalue weighted by Gasteiger charge is 2.13. The van der Waals surface area contributed by atoms with Gasteiger partial charge in [0.2, 0.25) is 10.0 Å². The van der Waals surface area contributed by atoms with Crippen molar-refractivity contribution in [3.05, 3.63) is 0 Å². The van der Waals surface area contributed by atoms with Crippen molar-refractivity contribution in [2.24, 2.45) is 0 Å². The lowest BCUT2D eigenvalue weighted by molar-refractivity contribution is -0.139. The third kappa shape index (κ3) is 11.7. The minimum atomic E-state index is -3.21. The molecular weight excluding hydrogens is 290 g/mol. The average Bonchev–Trinajstić information content (AvgIpc) is 2.32. The van der Waals surface area contributed by atoms with E-state index < -0.39 is 28.1 Å². The monoisotopic (exact) mass is 311 g/mol. The van der Waals surface area contributed by atoms with Gasteiger partial charge in [-0.1, -0.05) is 0 Å². The molecule has 0 radical (unpaired) electrons. The third-order valence-corrected chi connectivity index (χ3v) is 2.96. The van der Waals surface area contributed by atoms with E-state index in [-0.39, 0.29) is 19.5 Å². The second kappa shape index (κ2) is 9.50. The van der Waals surface area contributed by atoms with Crippen LogP contribution in [-0.2, 0) is 19.6 Å². The summed E-state index contributed by atoms with van der Waals surface area (Å²) in [6, 6.07) is -0.461. The van der Waals surface area contributed by atoms with Crippen LogP contribution in [0.3, 0.4) is 0 Å². The summed E-state index contributed by atoms with van der Waals surface area (Å²) in [6.45, 7) is 0.611. The molecule has 9 nitrogen and oxygen atoms in total. The molecule has 0 aromatic rings. The molecule has 0 fully saturated rings. The van der Waals surface area contributed by atoms with E-state index >= 15 is 0 Å².